The van der Waals surface area contributed by atoms with Crippen molar-refractivity contribution >= 4 is 11.7 Å². The molecule has 2 rings (SSSR count). The largest absolute Gasteiger partial charge is 0.409 e. The summed E-state index contributed by atoms with van der Waals surface area (Å²) in [5, 5.41) is 20.7. The van der Waals surface area contributed by atoms with Crippen LogP contribution in [0.15, 0.2) is 29.4 Å². The standard InChI is InChI=1S/C15H21N3O3/c16-14(17-21)11-4-6-12(7-5-11)15(20)18-9-2-1-3-13(18)8-10-19/h4-7,13,19,21H,1-3,8-10H2,(H2,16,17). The molecular weight excluding hydrogens is 270 g/mol. The van der Waals surface area contributed by atoms with Crippen LogP contribution in [0.5, 0.6) is 0 Å². The third-order valence-electron chi connectivity index (χ3n) is 3.89. The first-order chi connectivity index (χ1) is 10.2. The third kappa shape index (κ3) is 3.52. The normalized spacial score (nSPS) is 19.6. The topological polar surface area (TPSA) is 99.2 Å². The summed E-state index contributed by atoms with van der Waals surface area (Å²) in [5.41, 5.74) is 6.65. The molecule has 1 aliphatic heterocycles. The lowest BCUT2D eigenvalue weighted by Crippen LogP contribution is -2.44. The summed E-state index contributed by atoms with van der Waals surface area (Å²) in [6, 6.07) is 6.79. The molecule has 1 heterocycles. The number of carbonyl (C=O) groups is 1. The molecule has 1 amide bonds. The third-order valence-corrected chi connectivity index (χ3v) is 3.89. The first kappa shape index (κ1) is 15.3. The summed E-state index contributed by atoms with van der Waals surface area (Å²) in [4.78, 5) is 14.4. The number of piperidine rings is 1. The maximum Gasteiger partial charge on any atom is 0.254 e. The molecule has 4 N–H and O–H groups in total. The molecule has 1 aromatic carbocycles. The monoisotopic (exact) mass is 291 g/mol. The van der Waals surface area contributed by atoms with E-state index < -0.39 is 0 Å². The van der Waals surface area contributed by atoms with Gasteiger partial charge in [-0.25, -0.2) is 0 Å². The number of benzene rings is 1. The lowest BCUT2D eigenvalue weighted by molar-refractivity contribution is 0.0574. The Bertz CT molecular complexity index is 511. The van der Waals surface area contributed by atoms with Crippen molar-refractivity contribution in [1.29, 1.82) is 0 Å². The fourth-order valence-corrected chi connectivity index (χ4v) is 2.72. The summed E-state index contributed by atoms with van der Waals surface area (Å²) in [7, 11) is 0. The molecule has 6 nitrogen and oxygen atoms in total. The van der Waals surface area contributed by atoms with E-state index in [1.54, 1.807) is 24.3 Å². The van der Waals surface area contributed by atoms with Gasteiger partial charge in [0.25, 0.3) is 5.91 Å². The van der Waals surface area contributed by atoms with E-state index in [1.165, 1.54) is 0 Å². The van der Waals surface area contributed by atoms with Gasteiger partial charge in [-0.15, -0.1) is 0 Å². The fourth-order valence-electron chi connectivity index (χ4n) is 2.72. The van der Waals surface area contributed by atoms with Gasteiger partial charge in [-0.05, 0) is 37.8 Å². The SMILES string of the molecule is N/C(=N\O)c1ccc(C(=O)N2CCCCC2CCO)cc1. The molecule has 21 heavy (non-hydrogen) atoms. The number of likely N-dealkylation sites (tertiary alicyclic amines) is 1. The Labute approximate surface area is 123 Å². The molecule has 6 heteroatoms. The molecule has 0 aliphatic carbocycles. The van der Waals surface area contributed by atoms with Crippen LogP contribution >= 0.6 is 0 Å². The predicted octanol–water partition coefficient (Wildman–Crippen LogP) is 1.16. The highest BCUT2D eigenvalue weighted by Gasteiger charge is 2.26. The Morgan fingerprint density at radius 3 is 2.57 bits per heavy atom. The molecule has 1 aromatic rings. The average molecular weight is 291 g/mol. The highest BCUT2D eigenvalue weighted by Crippen LogP contribution is 2.22. The Hall–Kier alpha value is -2.08. The second-order valence-corrected chi connectivity index (χ2v) is 5.22. The van der Waals surface area contributed by atoms with Crippen molar-refractivity contribution in [3.05, 3.63) is 35.4 Å². The number of amides is 1. The van der Waals surface area contributed by atoms with Gasteiger partial charge < -0.3 is 20.9 Å². The number of rotatable bonds is 4. The lowest BCUT2D eigenvalue weighted by Gasteiger charge is -2.35. The lowest BCUT2D eigenvalue weighted by atomic mass is 9.98. The molecule has 0 aromatic heterocycles. The summed E-state index contributed by atoms with van der Waals surface area (Å²) in [6.45, 7) is 0.822. The molecule has 0 bridgehead atoms. The van der Waals surface area contributed by atoms with Gasteiger partial charge >= 0.3 is 0 Å². The van der Waals surface area contributed by atoms with E-state index in [1.807, 2.05) is 4.90 Å². The zero-order chi connectivity index (χ0) is 15.2. The zero-order valence-electron chi connectivity index (χ0n) is 11.9. The number of aliphatic hydroxyl groups is 1. The van der Waals surface area contributed by atoms with E-state index in [4.69, 9.17) is 16.0 Å². The minimum absolute atomic E-state index is 0.0186. The van der Waals surface area contributed by atoms with Crippen molar-refractivity contribution < 1.29 is 15.1 Å². The van der Waals surface area contributed by atoms with Gasteiger partial charge in [0.1, 0.15) is 0 Å². The molecule has 0 saturated carbocycles. The number of nitrogens with zero attached hydrogens (tertiary/aromatic N) is 2. The summed E-state index contributed by atoms with van der Waals surface area (Å²) in [5.74, 6) is -0.00987. The van der Waals surface area contributed by atoms with Crippen molar-refractivity contribution in [3.63, 3.8) is 0 Å². The summed E-state index contributed by atoms with van der Waals surface area (Å²) in [6.07, 6.45) is 3.65. The van der Waals surface area contributed by atoms with Gasteiger partial charge in [-0.3, -0.25) is 4.79 Å². The Morgan fingerprint density at radius 1 is 1.29 bits per heavy atom. The fraction of sp³-hybridized carbons (Fsp3) is 0.467. The molecule has 1 saturated heterocycles. The molecule has 1 fully saturated rings. The Morgan fingerprint density at radius 2 is 1.95 bits per heavy atom. The number of hydrogen-bond donors (Lipinski definition) is 3. The number of amidine groups is 1. The van der Waals surface area contributed by atoms with Crippen LogP contribution in [0.2, 0.25) is 0 Å². The molecule has 0 radical (unpaired) electrons. The van der Waals surface area contributed by atoms with E-state index in [0.717, 1.165) is 25.8 Å². The van der Waals surface area contributed by atoms with Crippen molar-refractivity contribution in [3.8, 4) is 0 Å². The van der Waals surface area contributed by atoms with Crippen molar-refractivity contribution in [2.45, 2.75) is 31.7 Å². The van der Waals surface area contributed by atoms with Gasteiger partial charge in [-0.2, -0.15) is 0 Å². The van der Waals surface area contributed by atoms with E-state index in [-0.39, 0.29) is 24.4 Å². The van der Waals surface area contributed by atoms with E-state index in [2.05, 4.69) is 5.16 Å². The van der Waals surface area contributed by atoms with Crippen LogP contribution in [0.1, 0.15) is 41.6 Å². The smallest absolute Gasteiger partial charge is 0.254 e. The minimum atomic E-state index is -0.0285. The molecular formula is C15H21N3O3. The molecule has 1 unspecified atom stereocenters. The summed E-state index contributed by atoms with van der Waals surface area (Å²) >= 11 is 0. The van der Waals surface area contributed by atoms with E-state index in [9.17, 15) is 4.79 Å². The van der Waals surface area contributed by atoms with Crippen LogP contribution in [0.3, 0.4) is 0 Å². The van der Waals surface area contributed by atoms with Gasteiger partial charge in [-0.1, -0.05) is 17.3 Å². The van der Waals surface area contributed by atoms with E-state index in [0.29, 0.717) is 17.5 Å². The molecule has 1 aliphatic rings. The first-order valence-electron chi connectivity index (χ1n) is 7.17. The quantitative estimate of drug-likeness (QED) is 0.335. The van der Waals surface area contributed by atoms with Crippen LogP contribution in [-0.4, -0.2) is 46.1 Å². The zero-order valence-corrected chi connectivity index (χ0v) is 11.9. The number of aliphatic hydroxyl groups excluding tert-OH is 1. The predicted molar refractivity (Wildman–Crippen MR) is 79.3 cm³/mol. The Balaban J connectivity index is 2.14. The second-order valence-electron chi connectivity index (χ2n) is 5.22. The molecule has 0 spiro atoms. The Kier molecular flexibility index (Phi) is 5.16. The average Bonchev–Trinajstić information content (AvgIpc) is 2.54. The van der Waals surface area contributed by atoms with Gasteiger partial charge in [0.05, 0.1) is 0 Å². The molecule has 1 atom stereocenters. The number of hydrogen-bond acceptors (Lipinski definition) is 4. The maximum atomic E-state index is 12.6. The molecule has 114 valence electrons. The van der Waals surface area contributed by atoms with Crippen LogP contribution < -0.4 is 5.73 Å². The van der Waals surface area contributed by atoms with Crippen LogP contribution in [0.25, 0.3) is 0 Å². The minimum Gasteiger partial charge on any atom is -0.409 e. The van der Waals surface area contributed by atoms with Crippen LogP contribution in [-0.2, 0) is 0 Å². The summed E-state index contributed by atoms with van der Waals surface area (Å²) < 4.78 is 0. The van der Waals surface area contributed by atoms with Gasteiger partial charge in [0.15, 0.2) is 5.84 Å². The van der Waals surface area contributed by atoms with Gasteiger partial charge in [0, 0.05) is 30.3 Å². The highest BCUT2D eigenvalue weighted by atomic mass is 16.4. The van der Waals surface area contributed by atoms with Gasteiger partial charge in [0.2, 0.25) is 0 Å². The highest BCUT2D eigenvalue weighted by molar-refractivity contribution is 5.99. The second kappa shape index (κ2) is 7.08. The number of nitrogens with two attached hydrogens (primary N) is 1. The van der Waals surface area contributed by atoms with Crippen LogP contribution in [0, 0.1) is 0 Å². The number of oxime groups is 1. The van der Waals surface area contributed by atoms with Crippen molar-refractivity contribution in [1.82, 2.24) is 4.90 Å². The van der Waals surface area contributed by atoms with Crippen LogP contribution in [0.4, 0.5) is 0 Å². The van der Waals surface area contributed by atoms with Crippen molar-refractivity contribution in [2.75, 3.05) is 13.2 Å². The van der Waals surface area contributed by atoms with E-state index >= 15 is 0 Å². The maximum absolute atomic E-state index is 12.6. The first-order valence-corrected chi connectivity index (χ1v) is 7.17. The number of carbonyl (C=O) groups excluding carboxylic acids is 1. The van der Waals surface area contributed by atoms with Crippen molar-refractivity contribution in [2.24, 2.45) is 10.9 Å².